The number of hydrogen-bond donors (Lipinski definition) is 1. The summed E-state index contributed by atoms with van der Waals surface area (Å²) in [5.74, 6) is 1.78. The number of piperidine rings is 1. The Balaban J connectivity index is 1.19. The first-order valence-electron chi connectivity index (χ1n) is 12.4. The zero-order chi connectivity index (χ0) is 22.0. The first kappa shape index (κ1) is 22.8. The third-order valence-corrected chi connectivity index (χ3v) is 6.83. The summed E-state index contributed by atoms with van der Waals surface area (Å²) in [6.45, 7) is 4.93. The lowest BCUT2D eigenvalue weighted by molar-refractivity contribution is -0.120. The van der Waals surface area contributed by atoms with Gasteiger partial charge in [0.05, 0.1) is 6.42 Å². The molecule has 32 heavy (non-hydrogen) atoms. The van der Waals surface area contributed by atoms with Crippen molar-refractivity contribution in [3.8, 4) is 16.9 Å². The van der Waals surface area contributed by atoms with Gasteiger partial charge in [-0.15, -0.1) is 0 Å². The molecule has 1 saturated carbocycles. The van der Waals surface area contributed by atoms with Gasteiger partial charge in [-0.1, -0.05) is 50.3 Å². The summed E-state index contributed by atoms with van der Waals surface area (Å²) < 4.78 is 5.93. The van der Waals surface area contributed by atoms with E-state index >= 15 is 0 Å². The Morgan fingerprint density at radius 2 is 1.72 bits per heavy atom. The summed E-state index contributed by atoms with van der Waals surface area (Å²) in [5.41, 5.74) is 2.97. The van der Waals surface area contributed by atoms with Crippen LogP contribution in [0.3, 0.4) is 0 Å². The first-order chi connectivity index (χ1) is 15.8. The fourth-order valence-electron chi connectivity index (χ4n) is 4.86. The molecule has 0 atom stereocenters. The Hall–Kier alpha value is -2.40. The Morgan fingerprint density at radius 3 is 2.44 bits per heavy atom. The number of aromatic nitrogens is 1. The SMILES string of the molecule is O=C(Cc1ccc(-c2ccc(OCCN3CCCCC3)cc2)cn1)NCCC1CCCC1. The molecular formula is C27H37N3O2. The summed E-state index contributed by atoms with van der Waals surface area (Å²) in [6, 6.07) is 12.2. The Labute approximate surface area is 192 Å². The molecule has 2 heterocycles. The first-order valence-corrected chi connectivity index (χ1v) is 12.4. The monoisotopic (exact) mass is 435 g/mol. The predicted molar refractivity (Wildman–Crippen MR) is 129 cm³/mol. The van der Waals surface area contributed by atoms with Gasteiger partial charge in [-0.05, 0) is 62.0 Å². The number of hydrogen-bond acceptors (Lipinski definition) is 4. The number of benzene rings is 1. The molecule has 2 aliphatic rings. The van der Waals surface area contributed by atoms with E-state index in [2.05, 4.69) is 27.3 Å². The zero-order valence-electron chi connectivity index (χ0n) is 19.2. The molecule has 1 N–H and O–H groups in total. The minimum Gasteiger partial charge on any atom is -0.492 e. The van der Waals surface area contributed by atoms with Gasteiger partial charge in [0, 0.05) is 30.5 Å². The van der Waals surface area contributed by atoms with Crippen LogP contribution >= 0.6 is 0 Å². The third-order valence-electron chi connectivity index (χ3n) is 6.83. The van der Waals surface area contributed by atoms with Gasteiger partial charge >= 0.3 is 0 Å². The summed E-state index contributed by atoms with van der Waals surface area (Å²) >= 11 is 0. The highest BCUT2D eigenvalue weighted by atomic mass is 16.5. The topological polar surface area (TPSA) is 54.5 Å². The minimum absolute atomic E-state index is 0.0642. The number of likely N-dealkylation sites (tertiary alicyclic amines) is 1. The van der Waals surface area contributed by atoms with Crippen LogP contribution in [-0.4, -0.2) is 48.6 Å². The van der Waals surface area contributed by atoms with Crippen molar-refractivity contribution >= 4 is 5.91 Å². The van der Waals surface area contributed by atoms with E-state index < -0.39 is 0 Å². The van der Waals surface area contributed by atoms with Crippen LogP contribution in [0.25, 0.3) is 11.1 Å². The minimum atomic E-state index is 0.0642. The van der Waals surface area contributed by atoms with E-state index in [1.165, 1.54) is 58.0 Å². The maximum atomic E-state index is 12.2. The molecule has 1 aromatic heterocycles. The van der Waals surface area contributed by atoms with Crippen LogP contribution in [-0.2, 0) is 11.2 Å². The van der Waals surface area contributed by atoms with E-state index in [4.69, 9.17) is 4.74 Å². The van der Waals surface area contributed by atoms with E-state index in [-0.39, 0.29) is 5.91 Å². The van der Waals surface area contributed by atoms with Gasteiger partial charge in [-0.3, -0.25) is 14.7 Å². The lowest BCUT2D eigenvalue weighted by Gasteiger charge is -2.26. The van der Waals surface area contributed by atoms with Crippen molar-refractivity contribution in [1.29, 1.82) is 0 Å². The second-order valence-electron chi connectivity index (χ2n) is 9.28. The molecule has 2 fully saturated rings. The third kappa shape index (κ3) is 7.06. The average Bonchev–Trinajstić information content (AvgIpc) is 3.34. The highest BCUT2D eigenvalue weighted by Crippen LogP contribution is 2.27. The second kappa shape index (κ2) is 12.0. The molecule has 0 radical (unpaired) electrons. The molecule has 0 bridgehead atoms. The lowest BCUT2D eigenvalue weighted by Crippen LogP contribution is -2.33. The van der Waals surface area contributed by atoms with Crippen molar-refractivity contribution in [3.05, 3.63) is 48.3 Å². The molecule has 172 valence electrons. The second-order valence-corrected chi connectivity index (χ2v) is 9.28. The van der Waals surface area contributed by atoms with Crippen molar-refractivity contribution < 1.29 is 9.53 Å². The lowest BCUT2D eigenvalue weighted by atomic mass is 10.0. The molecule has 4 rings (SSSR count). The number of nitrogens with one attached hydrogen (secondary N) is 1. The Morgan fingerprint density at radius 1 is 0.969 bits per heavy atom. The van der Waals surface area contributed by atoms with E-state index in [0.717, 1.165) is 54.6 Å². The van der Waals surface area contributed by atoms with E-state index in [9.17, 15) is 4.79 Å². The summed E-state index contributed by atoms with van der Waals surface area (Å²) in [7, 11) is 0. The molecular weight excluding hydrogens is 398 g/mol. The highest BCUT2D eigenvalue weighted by Gasteiger charge is 2.15. The maximum absolute atomic E-state index is 12.2. The number of pyridine rings is 1. The molecule has 1 aliphatic heterocycles. The van der Waals surface area contributed by atoms with Crippen LogP contribution < -0.4 is 10.1 Å². The highest BCUT2D eigenvalue weighted by molar-refractivity contribution is 5.78. The fraction of sp³-hybridized carbons (Fsp3) is 0.556. The van der Waals surface area contributed by atoms with Gasteiger partial charge in [0.2, 0.25) is 5.91 Å². The summed E-state index contributed by atoms with van der Waals surface area (Å²) in [4.78, 5) is 19.2. The van der Waals surface area contributed by atoms with Crippen LogP contribution in [0.5, 0.6) is 5.75 Å². The largest absolute Gasteiger partial charge is 0.492 e. The van der Waals surface area contributed by atoms with Gasteiger partial charge in [-0.25, -0.2) is 0 Å². The van der Waals surface area contributed by atoms with E-state index in [0.29, 0.717) is 6.42 Å². The summed E-state index contributed by atoms with van der Waals surface area (Å²) in [5, 5.41) is 3.05. The Bertz CT molecular complexity index is 823. The number of amides is 1. The molecule has 5 heteroatoms. The molecule has 0 unspecified atom stereocenters. The quantitative estimate of drug-likeness (QED) is 0.579. The van der Waals surface area contributed by atoms with Crippen molar-refractivity contribution in [2.75, 3.05) is 32.8 Å². The normalized spacial score (nSPS) is 17.4. The standard InChI is InChI=1S/C27H37N3O2/c31-27(28-15-14-22-6-2-3-7-22)20-25-11-8-24(21-29-25)23-9-12-26(13-10-23)32-19-18-30-16-4-1-5-17-30/h8-13,21-22H,1-7,14-20H2,(H,28,31). The van der Waals surface area contributed by atoms with Crippen LogP contribution in [0.2, 0.25) is 0 Å². The van der Waals surface area contributed by atoms with Crippen LogP contribution in [0.4, 0.5) is 0 Å². The van der Waals surface area contributed by atoms with Gasteiger partial charge in [0.1, 0.15) is 12.4 Å². The number of carbonyl (C=O) groups is 1. The zero-order valence-corrected chi connectivity index (χ0v) is 19.2. The summed E-state index contributed by atoms with van der Waals surface area (Å²) in [6.07, 6.45) is 12.6. The van der Waals surface area contributed by atoms with E-state index in [1.54, 1.807) is 0 Å². The van der Waals surface area contributed by atoms with Gasteiger partial charge in [0.25, 0.3) is 0 Å². The molecule has 1 aromatic carbocycles. The number of carbonyl (C=O) groups excluding carboxylic acids is 1. The molecule has 1 amide bonds. The average molecular weight is 436 g/mol. The fourth-order valence-corrected chi connectivity index (χ4v) is 4.86. The molecule has 0 spiro atoms. The molecule has 2 aromatic rings. The van der Waals surface area contributed by atoms with Crippen molar-refractivity contribution in [2.24, 2.45) is 5.92 Å². The van der Waals surface area contributed by atoms with Gasteiger partial charge < -0.3 is 10.1 Å². The van der Waals surface area contributed by atoms with Crippen molar-refractivity contribution in [3.63, 3.8) is 0 Å². The molecule has 1 saturated heterocycles. The molecule has 5 nitrogen and oxygen atoms in total. The van der Waals surface area contributed by atoms with Crippen LogP contribution in [0.1, 0.15) is 57.1 Å². The number of nitrogens with zero attached hydrogens (tertiary/aromatic N) is 2. The Kier molecular flexibility index (Phi) is 8.55. The van der Waals surface area contributed by atoms with Gasteiger partial charge in [0.15, 0.2) is 0 Å². The van der Waals surface area contributed by atoms with Crippen molar-refractivity contribution in [1.82, 2.24) is 15.2 Å². The predicted octanol–water partition coefficient (Wildman–Crippen LogP) is 4.85. The van der Waals surface area contributed by atoms with Crippen LogP contribution in [0.15, 0.2) is 42.6 Å². The molecule has 1 aliphatic carbocycles. The smallest absolute Gasteiger partial charge is 0.226 e. The van der Waals surface area contributed by atoms with Gasteiger partial charge in [-0.2, -0.15) is 0 Å². The van der Waals surface area contributed by atoms with Crippen molar-refractivity contribution in [2.45, 2.75) is 57.8 Å². The number of rotatable bonds is 10. The van der Waals surface area contributed by atoms with E-state index in [1.807, 2.05) is 30.5 Å². The maximum Gasteiger partial charge on any atom is 0.226 e. The van der Waals surface area contributed by atoms with Crippen LogP contribution in [0, 0.1) is 5.92 Å². The number of ether oxygens (including phenoxy) is 1.